The average molecular weight is 619 g/mol. The fourth-order valence-corrected chi connectivity index (χ4v) is 6.05. The first-order chi connectivity index (χ1) is 22.1. The summed E-state index contributed by atoms with van der Waals surface area (Å²) in [5, 5.41) is 5.98. The van der Waals surface area contributed by atoms with Crippen LogP contribution in [0, 0.1) is 0 Å². The van der Waals surface area contributed by atoms with Gasteiger partial charge in [0.25, 0.3) is 0 Å². The van der Waals surface area contributed by atoms with Gasteiger partial charge in [0.2, 0.25) is 11.8 Å². The summed E-state index contributed by atoms with van der Waals surface area (Å²) in [6.45, 7) is 9.27. The third-order valence-electron chi connectivity index (χ3n) is 8.39. The van der Waals surface area contributed by atoms with Crippen molar-refractivity contribution in [2.75, 3.05) is 6.54 Å². The van der Waals surface area contributed by atoms with Crippen molar-refractivity contribution in [1.82, 2.24) is 19.7 Å². The van der Waals surface area contributed by atoms with Crippen molar-refractivity contribution in [2.24, 2.45) is 7.05 Å². The number of pyridine rings is 1. The minimum atomic E-state index is -0.507. The van der Waals surface area contributed by atoms with E-state index in [9.17, 15) is 4.79 Å². The molecule has 2 aromatic heterocycles. The van der Waals surface area contributed by atoms with E-state index in [0.29, 0.717) is 37.4 Å². The molecule has 8 heteroatoms. The van der Waals surface area contributed by atoms with Gasteiger partial charge in [0.15, 0.2) is 0 Å². The number of aryl methyl sites for hydroxylation is 1. The first-order valence-corrected chi connectivity index (χ1v) is 16.0. The van der Waals surface area contributed by atoms with Gasteiger partial charge < -0.3 is 19.1 Å². The summed E-state index contributed by atoms with van der Waals surface area (Å²) < 4.78 is 20.0. The monoisotopic (exact) mass is 618 g/mol. The zero-order valence-corrected chi connectivity index (χ0v) is 27.3. The Balaban J connectivity index is 1.26. The molecule has 0 unspecified atom stereocenters. The van der Waals surface area contributed by atoms with Crippen LogP contribution in [0.3, 0.4) is 0 Å². The molecule has 0 saturated carbocycles. The molecule has 0 radical (unpaired) electrons. The molecule has 8 nitrogen and oxygen atoms in total. The highest BCUT2D eigenvalue weighted by Crippen LogP contribution is 2.38. The van der Waals surface area contributed by atoms with Crippen LogP contribution in [0.5, 0.6) is 11.8 Å². The molecule has 0 spiro atoms. The number of carbonyl (C=O) groups is 1. The molecule has 1 amide bonds. The van der Waals surface area contributed by atoms with E-state index < -0.39 is 5.60 Å². The SMILES string of the molecule is C[C@@H]1C[C@@H](c2ccc3c(-c4ccc(OCc5ccccc5)nc4OCc4ccccc4)nn(C)c3c2)CCN1C(=O)OC(C)(C)C. The molecular formula is C38H42N4O4. The second kappa shape index (κ2) is 13.3. The molecular weight excluding hydrogens is 576 g/mol. The van der Waals surface area contributed by atoms with Crippen LogP contribution in [0.1, 0.15) is 63.1 Å². The Hall–Kier alpha value is -4.85. The Morgan fingerprint density at radius 2 is 1.57 bits per heavy atom. The summed E-state index contributed by atoms with van der Waals surface area (Å²) >= 11 is 0. The molecule has 1 aliphatic heterocycles. The van der Waals surface area contributed by atoms with E-state index in [-0.39, 0.29) is 12.1 Å². The van der Waals surface area contributed by atoms with E-state index >= 15 is 0 Å². The minimum Gasteiger partial charge on any atom is -0.473 e. The average Bonchev–Trinajstić information content (AvgIpc) is 3.38. The van der Waals surface area contributed by atoms with Crippen LogP contribution < -0.4 is 9.47 Å². The number of fused-ring (bicyclic) bond motifs is 1. The van der Waals surface area contributed by atoms with Gasteiger partial charge in [0.05, 0.1) is 11.1 Å². The normalized spacial score (nSPS) is 16.8. The van der Waals surface area contributed by atoms with Crippen molar-refractivity contribution >= 4 is 17.0 Å². The van der Waals surface area contributed by atoms with Crippen LogP contribution in [-0.2, 0) is 25.0 Å². The number of benzene rings is 3. The summed E-state index contributed by atoms with van der Waals surface area (Å²) in [5.41, 5.74) is 5.51. The van der Waals surface area contributed by atoms with Gasteiger partial charge in [0.1, 0.15) is 24.5 Å². The van der Waals surface area contributed by atoms with Crippen LogP contribution in [0.25, 0.3) is 22.2 Å². The number of rotatable bonds is 8. The van der Waals surface area contributed by atoms with Gasteiger partial charge in [-0.1, -0.05) is 72.8 Å². The predicted molar refractivity (Wildman–Crippen MR) is 180 cm³/mol. The maximum atomic E-state index is 12.8. The maximum Gasteiger partial charge on any atom is 0.410 e. The van der Waals surface area contributed by atoms with Crippen molar-refractivity contribution < 1.29 is 19.0 Å². The molecule has 0 bridgehead atoms. The number of ether oxygens (including phenoxy) is 3. The van der Waals surface area contributed by atoms with E-state index in [1.807, 2.05) is 110 Å². The zero-order valence-electron chi connectivity index (χ0n) is 27.3. The van der Waals surface area contributed by atoms with Gasteiger partial charge in [-0.3, -0.25) is 4.68 Å². The fraction of sp³-hybridized carbons (Fsp3) is 0.342. The number of carbonyl (C=O) groups excluding carboxylic acids is 1. The minimum absolute atomic E-state index is 0.0874. The Labute approximate surface area is 270 Å². The van der Waals surface area contributed by atoms with Crippen molar-refractivity contribution in [3.05, 3.63) is 108 Å². The lowest BCUT2D eigenvalue weighted by atomic mass is 9.85. The summed E-state index contributed by atoms with van der Waals surface area (Å²) in [7, 11) is 1.97. The number of piperidine rings is 1. The summed E-state index contributed by atoms with van der Waals surface area (Å²) in [6, 6.07) is 30.6. The molecule has 1 saturated heterocycles. The Bertz CT molecular complexity index is 1800. The molecule has 6 rings (SSSR count). The number of likely N-dealkylation sites (tertiary alicyclic amines) is 1. The number of hydrogen-bond donors (Lipinski definition) is 0. The molecule has 3 heterocycles. The lowest BCUT2D eigenvalue weighted by Crippen LogP contribution is -2.46. The lowest BCUT2D eigenvalue weighted by Gasteiger charge is -2.38. The fourth-order valence-electron chi connectivity index (χ4n) is 6.05. The van der Waals surface area contributed by atoms with Crippen LogP contribution in [0.2, 0.25) is 0 Å². The Morgan fingerprint density at radius 3 is 2.22 bits per heavy atom. The molecule has 5 aromatic rings. The highest BCUT2D eigenvalue weighted by Gasteiger charge is 2.32. The molecule has 46 heavy (non-hydrogen) atoms. The van der Waals surface area contributed by atoms with Crippen molar-refractivity contribution in [3.8, 4) is 23.0 Å². The van der Waals surface area contributed by atoms with Crippen molar-refractivity contribution in [3.63, 3.8) is 0 Å². The first-order valence-electron chi connectivity index (χ1n) is 16.0. The van der Waals surface area contributed by atoms with E-state index in [4.69, 9.17) is 24.3 Å². The van der Waals surface area contributed by atoms with Crippen molar-refractivity contribution in [1.29, 1.82) is 0 Å². The second-order valence-corrected chi connectivity index (χ2v) is 13.0. The van der Waals surface area contributed by atoms with E-state index in [2.05, 4.69) is 25.1 Å². The standard InChI is InChI=1S/C38H42N4O4/c1-26-22-30(20-21-42(26)37(43)46-38(2,3)4)29-16-17-31-33(23-29)41(5)40-35(31)32-18-19-34(44-24-27-12-8-6-9-13-27)39-36(32)45-25-28-14-10-7-11-15-28/h6-19,23,26,30H,20-22,24-25H2,1-5H3/t26-,30+/m1/s1. The Morgan fingerprint density at radius 1 is 0.891 bits per heavy atom. The highest BCUT2D eigenvalue weighted by molar-refractivity contribution is 5.95. The van der Waals surface area contributed by atoms with Gasteiger partial charge in [-0.2, -0.15) is 10.1 Å². The van der Waals surface area contributed by atoms with E-state index in [0.717, 1.165) is 46.1 Å². The predicted octanol–water partition coefficient (Wildman–Crippen LogP) is 8.30. The van der Waals surface area contributed by atoms with E-state index in [1.54, 1.807) is 0 Å². The first kappa shape index (κ1) is 31.1. The van der Waals surface area contributed by atoms with Gasteiger partial charge in [-0.15, -0.1) is 0 Å². The maximum absolute atomic E-state index is 12.8. The molecule has 1 aliphatic rings. The lowest BCUT2D eigenvalue weighted by molar-refractivity contribution is 0.0103. The van der Waals surface area contributed by atoms with Gasteiger partial charge in [-0.05, 0) is 75.3 Å². The van der Waals surface area contributed by atoms with Crippen LogP contribution in [-0.4, -0.2) is 43.9 Å². The largest absolute Gasteiger partial charge is 0.473 e. The number of nitrogens with zero attached hydrogens (tertiary/aromatic N) is 4. The third-order valence-corrected chi connectivity index (χ3v) is 8.39. The third kappa shape index (κ3) is 7.17. The Kier molecular flexibility index (Phi) is 8.97. The molecule has 0 N–H and O–H groups in total. The van der Waals surface area contributed by atoms with Gasteiger partial charge >= 0.3 is 6.09 Å². The summed E-state index contributed by atoms with van der Waals surface area (Å²) in [5.74, 6) is 1.30. The number of aromatic nitrogens is 3. The highest BCUT2D eigenvalue weighted by atomic mass is 16.6. The molecule has 1 fully saturated rings. The molecule has 2 atom stereocenters. The summed E-state index contributed by atoms with van der Waals surface area (Å²) in [6.07, 6.45) is 1.52. The number of hydrogen-bond acceptors (Lipinski definition) is 6. The smallest absolute Gasteiger partial charge is 0.410 e. The summed E-state index contributed by atoms with van der Waals surface area (Å²) in [4.78, 5) is 19.4. The number of amides is 1. The molecule has 3 aromatic carbocycles. The molecule has 238 valence electrons. The second-order valence-electron chi connectivity index (χ2n) is 13.0. The zero-order chi connectivity index (χ0) is 32.3. The van der Waals surface area contributed by atoms with Gasteiger partial charge in [0, 0.05) is 31.1 Å². The molecule has 0 aliphatic carbocycles. The van der Waals surface area contributed by atoms with Gasteiger partial charge in [-0.25, -0.2) is 4.79 Å². The van der Waals surface area contributed by atoms with Crippen LogP contribution in [0.4, 0.5) is 4.79 Å². The van der Waals surface area contributed by atoms with E-state index in [1.165, 1.54) is 5.56 Å². The van der Waals surface area contributed by atoms with Crippen LogP contribution >= 0.6 is 0 Å². The van der Waals surface area contributed by atoms with Crippen LogP contribution in [0.15, 0.2) is 91.0 Å². The topological polar surface area (TPSA) is 78.7 Å². The van der Waals surface area contributed by atoms with Crippen molar-refractivity contribution in [2.45, 2.75) is 71.3 Å². The quantitative estimate of drug-likeness (QED) is 0.174.